The summed E-state index contributed by atoms with van der Waals surface area (Å²) in [5.41, 5.74) is 1.88. The van der Waals surface area contributed by atoms with Crippen molar-refractivity contribution in [2.24, 2.45) is 5.92 Å². The number of rotatable bonds is 5. The molecule has 1 atom stereocenters. The Morgan fingerprint density at radius 3 is 2.95 bits per heavy atom. The third kappa shape index (κ3) is 3.49. The van der Waals surface area contributed by atoms with E-state index in [1.165, 1.54) is 0 Å². The Labute approximate surface area is 123 Å². The molecule has 1 N–H and O–H groups in total. The average molecular weight is 286 g/mol. The molecule has 0 saturated carbocycles. The quantitative estimate of drug-likeness (QED) is 0.915. The smallest absolute Gasteiger partial charge is 0.303 e. The van der Waals surface area contributed by atoms with E-state index < -0.39 is 5.97 Å². The Morgan fingerprint density at radius 1 is 1.38 bits per heavy atom. The molecule has 5 heteroatoms. The van der Waals surface area contributed by atoms with Crippen LogP contribution < -0.4 is 0 Å². The van der Waals surface area contributed by atoms with E-state index >= 15 is 0 Å². The van der Waals surface area contributed by atoms with E-state index in [0.29, 0.717) is 6.54 Å². The number of aliphatic carboxylic acids is 1. The predicted octanol–water partition coefficient (Wildman–Crippen LogP) is 2.64. The fourth-order valence-corrected chi connectivity index (χ4v) is 2.82. The third-order valence-electron chi connectivity index (χ3n) is 3.84. The number of hydrogen-bond donors (Lipinski definition) is 1. The molecule has 21 heavy (non-hydrogen) atoms. The highest BCUT2D eigenvalue weighted by Crippen LogP contribution is 2.23. The molecule has 1 aromatic heterocycles. The van der Waals surface area contributed by atoms with Crippen LogP contribution in [0.3, 0.4) is 0 Å². The van der Waals surface area contributed by atoms with Gasteiger partial charge in [-0.15, -0.1) is 0 Å². The minimum absolute atomic E-state index is 0.249. The summed E-state index contributed by atoms with van der Waals surface area (Å²) in [6.45, 7) is 2.42. The Kier molecular flexibility index (Phi) is 4.01. The molecule has 0 bridgehead atoms. The lowest BCUT2D eigenvalue weighted by atomic mass is 10.1. The molecule has 0 aliphatic carbocycles. The molecule has 0 amide bonds. The van der Waals surface area contributed by atoms with E-state index in [4.69, 9.17) is 9.63 Å². The lowest BCUT2D eigenvalue weighted by Gasteiger charge is -2.12. The number of likely N-dealkylation sites (tertiary alicyclic amines) is 1. The van der Waals surface area contributed by atoms with E-state index in [1.807, 2.05) is 36.4 Å². The van der Waals surface area contributed by atoms with E-state index in [-0.39, 0.29) is 12.3 Å². The van der Waals surface area contributed by atoms with Crippen LogP contribution in [0.15, 0.2) is 40.9 Å². The van der Waals surface area contributed by atoms with Crippen LogP contribution in [0.5, 0.6) is 0 Å². The van der Waals surface area contributed by atoms with Crippen LogP contribution in [0.25, 0.3) is 11.3 Å². The van der Waals surface area contributed by atoms with E-state index in [0.717, 1.165) is 36.5 Å². The van der Waals surface area contributed by atoms with Gasteiger partial charge in [0.05, 0.1) is 6.54 Å². The van der Waals surface area contributed by atoms with Crippen molar-refractivity contribution in [1.82, 2.24) is 10.1 Å². The maximum Gasteiger partial charge on any atom is 0.303 e. The number of hydrogen-bond acceptors (Lipinski definition) is 4. The number of carboxylic acid groups (broad SMARTS) is 1. The lowest BCUT2D eigenvalue weighted by Crippen LogP contribution is -2.20. The molecule has 3 rings (SSSR count). The van der Waals surface area contributed by atoms with Gasteiger partial charge in [-0.25, -0.2) is 0 Å². The van der Waals surface area contributed by atoms with Crippen molar-refractivity contribution in [3.8, 4) is 11.3 Å². The minimum atomic E-state index is -0.715. The monoisotopic (exact) mass is 286 g/mol. The van der Waals surface area contributed by atoms with Gasteiger partial charge in [-0.1, -0.05) is 35.5 Å². The molecule has 5 nitrogen and oxygen atoms in total. The van der Waals surface area contributed by atoms with Crippen LogP contribution in [-0.4, -0.2) is 34.2 Å². The summed E-state index contributed by atoms with van der Waals surface area (Å²) in [7, 11) is 0. The number of carbonyl (C=O) groups is 1. The standard InChI is InChI=1S/C16H18N2O3/c19-16(20)8-12-6-7-18(10-12)11-14-9-15(17-21-14)13-4-2-1-3-5-13/h1-5,9,12H,6-8,10-11H2,(H,19,20). The van der Waals surface area contributed by atoms with Gasteiger partial charge < -0.3 is 9.63 Å². The van der Waals surface area contributed by atoms with Gasteiger partial charge in [-0.05, 0) is 18.9 Å². The Hall–Kier alpha value is -2.14. The Morgan fingerprint density at radius 2 is 2.19 bits per heavy atom. The summed E-state index contributed by atoms with van der Waals surface area (Å²) >= 11 is 0. The molecule has 1 unspecified atom stereocenters. The van der Waals surface area contributed by atoms with E-state index in [9.17, 15) is 4.79 Å². The molecule has 2 aromatic rings. The molecule has 1 aliphatic heterocycles. The van der Waals surface area contributed by atoms with Crippen molar-refractivity contribution in [2.75, 3.05) is 13.1 Å². The molecule has 1 saturated heterocycles. The third-order valence-corrected chi connectivity index (χ3v) is 3.84. The zero-order chi connectivity index (χ0) is 14.7. The van der Waals surface area contributed by atoms with Crippen molar-refractivity contribution >= 4 is 5.97 Å². The molecule has 0 radical (unpaired) electrons. The topological polar surface area (TPSA) is 66.6 Å². The highest BCUT2D eigenvalue weighted by Gasteiger charge is 2.25. The largest absolute Gasteiger partial charge is 0.481 e. The first kappa shape index (κ1) is 13.8. The van der Waals surface area contributed by atoms with Crippen LogP contribution in [0.2, 0.25) is 0 Å². The Bertz CT molecular complexity index is 609. The first-order chi connectivity index (χ1) is 10.2. The fraction of sp³-hybridized carbons (Fsp3) is 0.375. The maximum absolute atomic E-state index is 10.7. The molecule has 110 valence electrons. The van der Waals surface area contributed by atoms with Gasteiger partial charge in [0.15, 0.2) is 5.76 Å². The average Bonchev–Trinajstić information content (AvgIpc) is 3.09. The predicted molar refractivity (Wildman–Crippen MR) is 77.6 cm³/mol. The van der Waals surface area contributed by atoms with Gasteiger partial charge in [-0.2, -0.15) is 0 Å². The van der Waals surface area contributed by atoms with Crippen molar-refractivity contribution < 1.29 is 14.4 Å². The first-order valence-corrected chi connectivity index (χ1v) is 7.16. The summed E-state index contributed by atoms with van der Waals surface area (Å²) in [4.78, 5) is 13.0. The fourth-order valence-electron chi connectivity index (χ4n) is 2.82. The van der Waals surface area contributed by atoms with Gasteiger partial charge in [0.25, 0.3) is 0 Å². The molecule has 1 fully saturated rings. The molecule has 1 aliphatic rings. The minimum Gasteiger partial charge on any atom is -0.481 e. The maximum atomic E-state index is 10.7. The van der Waals surface area contributed by atoms with E-state index in [2.05, 4.69) is 10.1 Å². The van der Waals surface area contributed by atoms with Gasteiger partial charge in [0.1, 0.15) is 5.69 Å². The second-order valence-electron chi connectivity index (χ2n) is 5.53. The van der Waals surface area contributed by atoms with Crippen LogP contribution in [0, 0.1) is 5.92 Å². The molecule has 2 heterocycles. The first-order valence-electron chi connectivity index (χ1n) is 7.16. The van der Waals surface area contributed by atoms with Crippen molar-refractivity contribution in [1.29, 1.82) is 0 Å². The highest BCUT2D eigenvalue weighted by molar-refractivity contribution is 5.67. The van der Waals surface area contributed by atoms with Gasteiger partial charge in [-0.3, -0.25) is 9.69 Å². The van der Waals surface area contributed by atoms with Crippen LogP contribution in [0.1, 0.15) is 18.6 Å². The summed E-state index contributed by atoms with van der Waals surface area (Å²) in [6, 6.07) is 11.9. The summed E-state index contributed by atoms with van der Waals surface area (Å²) < 4.78 is 5.39. The zero-order valence-electron chi connectivity index (χ0n) is 11.7. The van der Waals surface area contributed by atoms with Gasteiger partial charge in [0, 0.05) is 24.6 Å². The van der Waals surface area contributed by atoms with E-state index in [1.54, 1.807) is 0 Å². The molecule has 0 spiro atoms. The SMILES string of the molecule is O=C(O)CC1CCN(Cc2cc(-c3ccccc3)no2)C1. The zero-order valence-corrected chi connectivity index (χ0v) is 11.7. The van der Waals surface area contributed by atoms with Gasteiger partial charge >= 0.3 is 5.97 Å². The number of nitrogens with zero attached hydrogens (tertiary/aromatic N) is 2. The number of carboxylic acids is 1. The molecular formula is C16H18N2O3. The summed E-state index contributed by atoms with van der Waals surface area (Å²) in [6.07, 6.45) is 1.19. The summed E-state index contributed by atoms with van der Waals surface area (Å²) in [5.74, 6) is 0.358. The van der Waals surface area contributed by atoms with Crippen molar-refractivity contribution in [3.63, 3.8) is 0 Å². The van der Waals surface area contributed by atoms with Crippen molar-refractivity contribution in [3.05, 3.63) is 42.2 Å². The molecular weight excluding hydrogens is 268 g/mol. The number of benzene rings is 1. The van der Waals surface area contributed by atoms with Crippen molar-refractivity contribution in [2.45, 2.75) is 19.4 Å². The lowest BCUT2D eigenvalue weighted by molar-refractivity contribution is -0.138. The van der Waals surface area contributed by atoms with Gasteiger partial charge in [0.2, 0.25) is 0 Å². The Balaban J connectivity index is 1.60. The second kappa shape index (κ2) is 6.10. The second-order valence-corrected chi connectivity index (χ2v) is 5.53. The summed E-state index contributed by atoms with van der Waals surface area (Å²) in [5, 5.41) is 12.9. The highest BCUT2D eigenvalue weighted by atomic mass is 16.5. The molecule has 1 aromatic carbocycles. The van der Waals surface area contributed by atoms with Crippen LogP contribution in [0.4, 0.5) is 0 Å². The normalized spacial score (nSPS) is 19.0. The number of aromatic nitrogens is 1. The van der Waals surface area contributed by atoms with Crippen LogP contribution in [-0.2, 0) is 11.3 Å². The van der Waals surface area contributed by atoms with Crippen LogP contribution >= 0.6 is 0 Å².